The number of nitrogens with one attached hydrogen (secondary N) is 7. The number of thiophene rings is 7. The van der Waals surface area contributed by atoms with Gasteiger partial charge in [-0.25, -0.2) is 23.4 Å². The van der Waals surface area contributed by atoms with Crippen molar-refractivity contribution in [3.8, 4) is 64.3 Å². The molecular weight excluding hydrogens is 2110 g/mol. The van der Waals surface area contributed by atoms with E-state index in [0.29, 0.717) is 17.2 Å². The quantitative estimate of drug-likeness (QED) is 0.00914. The summed E-state index contributed by atoms with van der Waals surface area (Å²) in [5, 5.41) is 84.9. The Morgan fingerprint density at radius 2 is 0.901 bits per heavy atom. The van der Waals surface area contributed by atoms with Gasteiger partial charge in [0.1, 0.15) is 87.8 Å². The van der Waals surface area contributed by atoms with Crippen LogP contribution < -0.4 is 54.3 Å². The van der Waals surface area contributed by atoms with E-state index >= 15 is 0 Å². The van der Waals surface area contributed by atoms with Gasteiger partial charge in [0.25, 0.3) is 0 Å². The molecule has 19 aromatic rings. The number of aromatic nitrogens is 3. The standard InChI is InChI=1S/C17H13N3OS.C17H12N2OS.C17H12N2S.C16H11FN2O2S.C14H14N4OS.C10H9FN2S.C9H7IN2OS.C2HF3O2.2ClH/c1-21-13-7-12(5-4-11-3-2-6-20-10-11)14-9-16(17(18)19)22-15(14)8-13;18-17(19)16-10-14-12(2-1-3-15(14)21-16)7-4-11-5-8-13(20)9-6-11;18-17(19)16-11-14-13(7-4-8-15(14)20-16)10-9-12-5-2-1-3-6-12;17-12-4-2-1-3-11(12)16(20)21-10-6-5-9-7-14(15(18)19)22-13(9)8-10;15-14(16)13-7-10-1-2-11(8-12(10)20-13)19-6-5-18-4-3-17-9-18;1-5-7-4-6(11)2-3-8(7)14-9(5)10(12)13;10-6-1-4(13)2-7-5(6)3-8(14-7)9(11)12;3-2(4,5)1(6)7;;/h2-3,6-10H,1H3,(H3,18,19);1-3,5-6,8-10,20H,(H3,18,19);1-8,11H,(H3,18,19);1-8H,(H3,18,19);1-4,7-9H,5-6H2,(H3,15,16);2-4H,1H3,(H3,12,13);1-3,13H,(H3,11,12);(H,6,7);2*1H. The Bertz CT molecular complexity index is 8120. The summed E-state index contributed by atoms with van der Waals surface area (Å²) in [5.41, 5.74) is 44.6. The first-order chi connectivity index (χ1) is 66.9. The molecule has 40 heteroatoms. The number of hydrogen-bond donors (Lipinski definition) is 17. The minimum atomic E-state index is -5.08. The van der Waals surface area contributed by atoms with E-state index in [1.807, 2.05) is 157 Å². The Morgan fingerprint density at radius 3 is 1.42 bits per heavy atom. The SMILES string of the molecule is COc1cc(C#Cc2cccnc2)c2cc(C(=N)N)sc2c1.Cc1c(C(=N)N)sc2ccc(F)cc12.Cl.Cl.N=C(N)c1cc2c(C#Cc3ccc(O)cc3)cccc2s1.N=C(N)c1cc2c(C#Cc3ccccc3)cccc2s1.N=C(N)c1cc2c(I)cc(O)cc2s1.N=C(N)c1cc2ccc(OC(=O)c3ccccc3F)cc2s1.N=C(N)c1cc2ccc(OCCn3ccnc3)cc2s1.O=C(O)C(F)(F)F. The maximum Gasteiger partial charge on any atom is 0.490 e. The first-order valence-electron chi connectivity index (χ1n) is 40.8. The van der Waals surface area contributed by atoms with E-state index in [9.17, 15) is 37.0 Å². The van der Waals surface area contributed by atoms with Gasteiger partial charge >= 0.3 is 18.1 Å². The Kier molecular flexibility index (Phi) is 38.4. The number of alkyl halides is 3. The number of phenolic OH excluding ortho intramolecular Hbond substituents is 2. The van der Waals surface area contributed by atoms with Gasteiger partial charge in [-0.05, 0) is 251 Å². The highest BCUT2D eigenvalue weighted by Gasteiger charge is 2.38. The van der Waals surface area contributed by atoms with Crippen LogP contribution in [-0.2, 0) is 11.3 Å². The van der Waals surface area contributed by atoms with Crippen LogP contribution in [0.2, 0.25) is 0 Å². The summed E-state index contributed by atoms with van der Waals surface area (Å²) < 4.78 is 84.5. The van der Waals surface area contributed by atoms with E-state index in [-0.39, 0.29) is 88.5 Å². The number of amidine groups is 7. The number of aryl methyl sites for hydroxylation is 1. The number of pyridine rings is 1. The number of phenols is 2. The molecule has 0 aliphatic rings. The zero-order chi connectivity index (χ0) is 101. The second-order valence-electron chi connectivity index (χ2n) is 29.2. The Morgan fingerprint density at radius 1 is 0.437 bits per heavy atom. The van der Waals surface area contributed by atoms with Gasteiger partial charge in [0.05, 0.1) is 59.7 Å². The fourth-order valence-corrected chi connectivity index (χ4v) is 20.3. The Balaban J connectivity index is 0.000000169. The molecule has 0 radical (unpaired) electrons. The van der Waals surface area contributed by atoms with Gasteiger partial charge in [-0.2, -0.15) is 13.2 Å². The van der Waals surface area contributed by atoms with Crippen LogP contribution in [0.1, 0.15) is 83.4 Å². The third kappa shape index (κ3) is 29.7. The molecule has 0 amide bonds. The summed E-state index contributed by atoms with van der Waals surface area (Å²) in [6.07, 6.45) is 3.78. The van der Waals surface area contributed by atoms with Crippen LogP contribution >= 0.6 is 127 Å². The lowest BCUT2D eigenvalue weighted by Crippen LogP contribution is -2.21. The van der Waals surface area contributed by atoms with Crippen LogP contribution in [-0.4, -0.2) is 103 Å². The van der Waals surface area contributed by atoms with Gasteiger partial charge in [-0.3, -0.25) is 42.8 Å². The van der Waals surface area contributed by atoms with Crippen molar-refractivity contribution in [1.82, 2.24) is 14.5 Å². The van der Waals surface area contributed by atoms with Crippen molar-refractivity contribution in [3.63, 3.8) is 0 Å². The predicted octanol–water partition coefficient (Wildman–Crippen LogP) is 22.5. The van der Waals surface area contributed by atoms with Crippen LogP contribution in [0.5, 0.6) is 28.7 Å². The summed E-state index contributed by atoms with van der Waals surface area (Å²) in [7, 11) is 1.62. The number of esters is 1. The van der Waals surface area contributed by atoms with E-state index in [0.717, 1.165) is 160 Å². The van der Waals surface area contributed by atoms with Gasteiger partial charge < -0.3 is 74.2 Å². The number of aromatic hydroxyl groups is 2. The second-order valence-corrected chi connectivity index (χ2v) is 38.0. The molecular formula is C102H81Cl2F5IN17O8S7. The molecule has 0 fully saturated rings. The highest BCUT2D eigenvalue weighted by molar-refractivity contribution is 14.1. The number of rotatable bonds is 14. The number of fused-ring (bicyclic) bond motifs is 7. The van der Waals surface area contributed by atoms with Crippen molar-refractivity contribution in [2.45, 2.75) is 19.6 Å². The molecule has 25 nitrogen and oxygen atoms in total. The van der Waals surface area contributed by atoms with E-state index in [1.165, 1.54) is 110 Å². The number of ether oxygens (including phenoxy) is 3. The monoisotopic (exact) mass is 2190 g/mol. The first kappa shape index (κ1) is 108. The number of hydrogen-bond acceptors (Lipinski definition) is 23. The number of aliphatic carboxylic acids is 1. The summed E-state index contributed by atoms with van der Waals surface area (Å²) in [4.78, 5) is 34.1. The molecule has 142 heavy (non-hydrogen) atoms. The van der Waals surface area contributed by atoms with Crippen molar-refractivity contribution in [2.24, 2.45) is 40.1 Å². The number of carboxylic acid groups (broad SMARTS) is 1. The molecule has 0 saturated heterocycles. The Labute approximate surface area is 861 Å². The number of halogens is 8. The van der Waals surface area contributed by atoms with Gasteiger partial charge in [0.15, 0.2) is 0 Å². The zero-order valence-corrected chi connectivity index (χ0v) is 83.6. The number of imidazole rings is 1. The highest BCUT2D eigenvalue weighted by Crippen LogP contribution is 2.38. The lowest BCUT2D eigenvalue weighted by molar-refractivity contribution is -0.192. The average molecular weight is 2190 g/mol. The molecule has 19 rings (SSSR count). The molecule has 9 heterocycles. The molecule has 0 unspecified atom stereocenters. The molecule has 0 aliphatic carbocycles. The predicted molar refractivity (Wildman–Crippen MR) is 580 cm³/mol. The smallest absolute Gasteiger partial charge is 0.490 e. The van der Waals surface area contributed by atoms with Crippen molar-refractivity contribution in [2.75, 3.05) is 13.7 Å². The van der Waals surface area contributed by atoms with Crippen molar-refractivity contribution >= 4 is 250 Å². The maximum absolute atomic E-state index is 13.6. The zero-order valence-electron chi connectivity index (χ0n) is 74.1. The number of benzene rings is 10. The number of carbonyl (C=O) groups is 2. The summed E-state index contributed by atoms with van der Waals surface area (Å²) in [6, 6.07) is 72.1. The maximum atomic E-state index is 13.6. The summed E-state index contributed by atoms with van der Waals surface area (Å²) in [6.45, 7) is 3.21. The number of carboxylic acids is 1. The van der Waals surface area contributed by atoms with E-state index in [4.69, 9.17) is 102 Å². The van der Waals surface area contributed by atoms with E-state index in [2.05, 4.69) is 68.1 Å². The van der Waals surface area contributed by atoms with E-state index < -0.39 is 23.9 Å². The third-order valence-electron chi connectivity index (χ3n) is 19.3. The largest absolute Gasteiger partial charge is 0.508 e. The normalized spacial score (nSPS) is 10.3. The van der Waals surface area contributed by atoms with Gasteiger partial charge in [-0.1, -0.05) is 78.0 Å². The van der Waals surface area contributed by atoms with Crippen LogP contribution in [0.3, 0.4) is 0 Å². The molecule has 9 aromatic heterocycles. The Hall–Kier alpha value is -15.7. The molecule has 24 N–H and O–H groups in total. The molecule has 10 aromatic carbocycles. The van der Waals surface area contributed by atoms with Gasteiger partial charge in [0, 0.05) is 116 Å². The molecule has 0 saturated carbocycles. The topological polar surface area (TPSA) is 502 Å². The number of nitrogen functional groups attached to an aromatic ring is 7. The third-order valence-corrected chi connectivity index (χ3v) is 28.3. The highest BCUT2D eigenvalue weighted by atomic mass is 127. The summed E-state index contributed by atoms with van der Waals surface area (Å²) in [5.74, 6) is 17.3. The average Bonchev–Trinajstić information content (AvgIpc) is 1.65. The van der Waals surface area contributed by atoms with Crippen molar-refractivity contribution < 1.29 is 61.1 Å². The van der Waals surface area contributed by atoms with Gasteiger partial charge in [0.2, 0.25) is 0 Å². The lowest BCUT2D eigenvalue weighted by Gasteiger charge is -2.06. The lowest BCUT2D eigenvalue weighted by atomic mass is 10.1. The molecule has 0 spiro atoms. The van der Waals surface area contributed by atoms with Crippen LogP contribution in [0.4, 0.5) is 22.0 Å². The minimum absolute atomic E-state index is 0. The van der Waals surface area contributed by atoms with E-state index in [1.54, 1.807) is 105 Å². The number of nitrogens with zero attached hydrogens (tertiary/aromatic N) is 3. The number of nitrogens with two attached hydrogens (primary N) is 7. The molecule has 0 bridgehead atoms. The number of carbonyl (C=O) groups excluding carboxylic acids is 1. The molecule has 0 atom stereocenters. The fourth-order valence-electron chi connectivity index (χ4n) is 12.6. The van der Waals surface area contributed by atoms with Crippen molar-refractivity contribution in [3.05, 3.63) is 368 Å². The molecule has 0 aliphatic heterocycles. The number of methoxy groups -OCH3 is 1. The fraction of sp³-hybridized carbons (Fsp3) is 0.0490. The summed E-state index contributed by atoms with van der Waals surface area (Å²) >= 11 is 12.3. The second kappa shape index (κ2) is 50.3. The van der Waals surface area contributed by atoms with Crippen LogP contribution in [0.15, 0.2) is 274 Å². The van der Waals surface area contributed by atoms with Crippen molar-refractivity contribution in [1.29, 1.82) is 37.9 Å². The van der Waals surface area contributed by atoms with Crippen LogP contribution in [0, 0.1) is 95.5 Å². The van der Waals surface area contributed by atoms with Crippen LogP contribution in [0.25, 0.3) is 70.6 Å². The molecule has 720 valence electrons. The van der Waals surface area contributed by atoms with Gasteiger partial charge in [-0.15, -0.1) is 104 Å². The first-order valence-corrected chi connectivity index (χ1v) is 47.6. The minimum Gasteiger partial charge on any atom is -0.508 e.